The molecule has 0 aliphatic rings. The molecule has 5 radical (unpaired) electrons. The number of aliphatic hydroxyl groups excluding tert-OH is 3. The van der Waals surface area contributed by atoms with Crippen molar-refractivity contribution in [1.29, 1.82) is 0 Å². The molecule has 15 rings (SSSR count). The van der Waals surface area contributed by atoms with Gasteiger partial charge in [0.25, 0.3) is 0 Å². The summed E-state index contributed by atoms with van der Waals surface area (Å²) >= 11 is 0. The van der Waals surface area contributed by atoms with Crippen molar-refractivity contribution in [2.24, 2.45) is 5.92 Å². The van der Waals surface area contributed by atoms with Gasteiger partial charge < -0.3 is 25.3 Å². The maximum Gasteiger partial charge on any atom is 0.155 e. The number of allylic oxidation sites excluding steroid dienone is 6. The molecule has 0 unspecified atom stereocenters. The van der Waals surface area contributed by atoms with Gasteiger partial charge in [-0.15, -0.1) is 175 Å². The molecule has 123 heavy (non-hydrogen) atoms. The van der Waals surface area contributed by atoms with Crippen LogP contribution in [0.5, 0.6) is 0 Å². The molecule has 10 aromatic carbocycles. The average molecular weight is 2520 g/mol. The van der Waals surface area contributed by atoms with Crippen LogP contribution < -0.4 is 0 Å². The molecule has 0 aliphatic heterocycles. The number of carbonyl (C=O) groups excluding carboxylic acids is 3. The number of fused-ring (bicyclic) bond motifs is 3. The number of hydrogen-bond acceptors (Lipinski definition) is 11. The van der Waals surface area contributed by atoms with Crippen LogP contribution >= 0.6 is 0 Å². The second-order valence-corrected chi connectivity index (χ2v) is 29.4. The Kier molecular flexibility index (Phi) is 47.7. The molecule has 5 aromatic heterocycles. The van der Waals surface area contributed by atoms with E-state index in [1.54, 1.807) is 0 Å². The van der Waals surface area contributed by atoms with Gasteiger partial charge in [0.15, 0.2) is 17.3 Å². The Morgan fingerprint density at radius 1 is 0.374 bits per heavy atom. The van der Waals surface area contributed by atoms with Gasteiger partial charge in [-0.1, -0.05) is 239 Å². The van der Waals surface area contributed by atoms with Gasteiger partial charge in [0, 0.05) is 131 Å². The number of hydrogen-bond donors (Lipinski definition) is 3. The summed E-state index contributed by atoms with van der Waals surface area (Å²) in [4.78, 5) is 53.2. The normalized spacial score (nSPS) is 10.5. The van der Waals surface area contributed by atoms with Crippen molar-refractivity contribution in [2.75, 3.05) is 0 Å². The molecule has 643 valence electrons. The zero-order chi connectivity index (χ0) is 85.2. The Morgan fingerprint density at radius 3 is 1.26 bits per heavy atom. The van der Waals surface area contributed by atoms with E-state index in [1.807, 2.05) is 116 Å². The second kappa shape index (κ2) is 55.0. The van der Waals surface area contributed by atoms with Gasteiger partial charge in [-0.2, -0.15) is 0 Å². The number of ketones is 3. The van der Waals surface area contributed by atoms with Gasteiger partial charge in [0.05, 0.1) is 33.8 Å². The topological polar surface area (TPSA) is 176 Å². The first-order valence-electron chi connectivity index (χ1n) is 39.3. The maximum atomic E-state index is 10.0. The standard InChI is InChI=1S/C21H20N.C20H18N.3C17H14N.3C5H8O2.5Ir/c1-16(2)13-17-7-5-8-18(14-17)19-9-6-10-20(15-19)21-11-3-4-12-22-21;1-15(2)19-11-12-20(21-14-19)18-10-6-9-17(13-18)16-7-4-3-5-8-16;1-12-6-5-8-15(13(12)2)17-11-10-14-7-3-4-9-16(14)18-17;1-12-7-9-15(13(2)11-12)17-10-8-14-5-3-4-6-16(14)18-17;1-12-7-8-13(2)15(11-12)17-10-9-14-5-3-4-6-16(14)18-17;3*1-4(6)3-5(2)7;;;;;/h3-9,11-12,14-16H,13H2,1-2H3;3-9,11-15H,1-2H3;3-7,9-11H,1-2H3;3-8,10-11H,1-2H3;3-10H,1-2H3;3*3,6H,1-2H3;;;;;/q5*-1;;;;;;;;. The van der Waals surface area contributed by atoms with Crippen LogP contribution in [-0.2, 0) is 121 Å². The summed E-state index contributed by atoms with van der Waals surface area (Å²) in [6.07, 6.45) is 8.39. The maximum absolute atomic E-state index is 10.0. The fraction of sp³-hybridized carbons (Fsp3) is 0.178. The Bertz CT molecular complexity index is 5800. The minimum Gasteiger partial charge on any atom is -0.512 e. The molecule has 16 heteroatoms. The van der Waals surface area contributed by atoms with Gasteiger partial charge >= 0.3 is 0 Å². The van der Waals surface area contributed by atoms with Gasteiger partial charge in [-0.25, -0.2) is 0 Å². The smallest absolute Gasteiger partial charge is 0.155 e. The van der Waals surface area contributed by atoms with E-state index in [0.29, 0.717) is 11.8 Å². The predicted octanol–water partition coefficient (Wildman–Crippen LogP) is 26.8. The van der Waals surface area contributed by atoms with Gasteiger partial charge in [-0.05, 0) is 151 Å². The molecule has 3 N–H and O–H groups in total. The Hall–Kier alpha value is -10.4. The molecule has 0 bridgehead atoms. The number of aryl methyl sites for hydroxylation is 5. The monoisotopic (exact) mass is 2520 g/mol. The molecule has 0 atom stereocenters. The summed E-state index contributed by atoms with van der Waals surface area (Å²) in [6.45, 7) is 30.0. The van der Waals surface area contributed by atoms with E-state index < -0.39 is 0 Å². The number of nitrogens with zero attached hydrogens (tertiary/aromatic N) is 5. The van der Waals surface area contributed by atoms with Gasteiger partial charge in [0.1, 0.15) is 0 Å². The molecule has 0 saturated carbocycles. The number of aromatic nitrogens is 5. The summed E-state index contributed by atoms with van der Waals surface area (Å²) in [5.41, 5.74) is 28.2. The molecule has 15 aromatic rings. The van der Waals surface area contributed by atoms with E-state index in [2.05, 4.69) is 273 Å². The third-order valence-corrected chi connectivity index (χ3v) is 18.2. The van der Waals surface area contributed by atoms with Crippen LogP contribution in [0.4, 0.5) is 0 Å². The van der Waals surface area contributed by atoms with Crippen LogP contribution in [0.1, 0.15) is 120 Å². The van der Waals surface area contributed by atoms with Crippen molar-refractivity contribution in [3.63, 3.8) is 0 Å². The van der Waals surface area contributed by atoms with Crippen molar-refractivity contribution in [2.45, 2.75) is 123 Å². The Morgan fingerprint density at radius 2 is 0.813 bits per heavy atom. The molecule has 11 nitrogen and oxygen atoms in total. The van der Waals surface area contributed by atoms with E-state index >= 15 is 0 Å². The zero-order valence-electron chi connectivity index (χ0n) is 72.1. The Balaban J connectivity index is 0.000000372. The van der Waals surface area contributed by atoms with Gasteiger partial charge in [-0.3, -0.25) is 29.3 Å². The minimum atomic E-state index is -0.125. The van der Waals surface area contributed by atoms with Crippen LogP contribution in [0.3, 0.4) is 0 Å². The van der Waals surface area contributed by atoms with Crippen molar-refractivity contribution < 1.29 is 130 Å². The zero-order valence-corrected chi connectivity index (χ0v) is 84.1. The molecule has 0 spiro atoms. The second-order valence-electron chi connectivity index (χ2n) is 29.4. The summed E-state index contributed by atoms with van der Waals surface area (Å²) in [5, 5.41) is 28.6. The number of rotatable bonds is 13. The van der Waals surface area contributed by atoms with Crippen molar-refractivity contribution in [3.8, 4) is 78.5 Å². The van der Waals surface area contributed by atoms with Crippen molar-refractivity contribution in [3.05, 3.63) is 390 Å². The number of benzene rings is 10. The number of pyridine rings is 5. The summed E-state index contributed by atoms with van der Waals surface area (Å²) in [7, 11) is 0. The SMILES string of the molecule is CC(=O)C=C(C)O.CC(=O)C=C(C)O.CC(=O)C=C(C)O.CC(C)Cc1cccc(-c2cc[c-]c(-c3ccccn3)c2)c1.CC(C)c1ccc(-c2[c-]ccc(-c3ccccc3)c2)nc1.Cc1[c-]c(-c2ccc3ccccc3n2)c(C)cc1.Cc1c[c-]c(-c2ccc3ccccc3n2)c(C)c1.Cc1cc[c-]c(-c2ccc3ccccc3n2)c1C.[Ir].[Ir].[Ir].[Ir].[Ir]. The van der Waals surface area contributed by atoms with Crippen LogP contribution in [-0.4, -0.2) is 57.6 Å². The van der Waals surface area contributed by atoms with E-state index in [9.17, 15) is 14.4 Å². The molecule has 0 fully saturated rings. The van der Waals surface area contributed by atoms with Gasteiger partial charge in [0.2, 0.25) is 0 Å². The van der Waals surface area contributed by atoms with E-state index in [1.165, 1.54) is 137 Å². The summed E-state index contributed by atoms with van der Waals surface area (Å²) in [5.74, 6) is 0.988. The molecule has 0 amide bonds. The number of para-hydroxylation sites is 3. The first kappa shape index (κ1) is 107. The first-order chi connectivity index (χ1) is 56.6. The first-order valence-corrected chi connectivity index (χ1v) is 39.3. The number of carbonyl (C=O) groups is 3. The Labute approximate surface area is 795 Å². The van der Waals surface area contributed by atoms with Crippen LogP contribution in [0.15, 0.2) is 315 Å². The summed E-state index contributed by atoms with van der Waals surface area (Å²) < 4.78 is 0. The van der Waals surface area contributed by atoms with E-state index in [4.69, 9.17) is 30.3 Å². The third-order valence-electron chi connectivity index (χ3n) is 18.2. The predicted molar refractivity (Wildman–Crippen MR) is 488 cm³/mol. The molecular weight excluding hydrogens is 2410 g/mol. The summed E-state index contributed by atoms with van der Waals surface area (Å²) in [6, 6.07) is 108. The van der Waals surface area contributed by atoms with Crippen LogP contribution in [0.25, 0.3) is 111 Å². The molecule has 0 saturated heterocycles. The molecule has 5 heterocycles. The fourth-order valence-corrected chi connectivity index (χ4v) is 12.4. The van der Waals surface area contributed by atoms with Crippen molar-refractivity contribution in [1.82, 2.24) is 24.9 Å². The van der Waals surface area contributed by atoms with E-state index in [0.717, 1.165) is 84.8 Å². The fourth-order valence-electron chi connectivity index (χ4n) is 12.4. The quantitative estimate of drug-likeness (QED) is 0.0569. The molecule has 0 aliphatic carbocycles. The van der Waals surface area contributed by atoms with E-state index in [-0.39, 0.29) is 135 Å². The minimum absolute atomic E-state index is 0. The number of aliphatic hydroxyl groups is 3. The molecular formula is C107H104Ir5N5O6-5. The largest absolute Gasteiger partial charge is 0.512 e. The third kappa shape index (κ3) is 35.8. The average Bonchev–Trinajstić information content (AvgIpc) is 0.815. The van der Waals surface area contributed by atoms with Crippen molar-refractivity contribution >= 4 is 50.1 Å². The van der Waals surface area contributed by atoms with Crippen LogP contribution in [0.2, 0.25) is 0 Å². The van der Waals surface area contributed by atoms with Crippen LogP contribution in [0, 0.1) is 77.8 Å².